The van der Waals surface area contributed by atoms with Crippen LogP contribution in [0.1, 0.15) is 45.1 Å². The fraction of sp³-hybridized carbons (Fsp3) is 0.522. The summed E-state index contributed by atoms with van der Waals surface area (Å²) in [6.45, 7) is 8.41. The van der Waals surface area contributed by atoms with Crippen LogP contribution in [0.3, 0.4) is 0 Å². The van der Waals surface area contributed by atoms with Gasteiger partial charge in [0.05, 0.1) is 0 Å². The third-order valence-corrected chi connectivity index (χ3v) is 5.99. The Morgan fingerprint density at radius 2 is 1.93 bits per heavy atom. The van der Waals surface area contributed by atoms with Crippen molar-refractivity contribution in [2.24, 2.45) is 13.0 Å². The van der Waals surface area contributed by atoms with E-state index in [0.29, 0.717) is 23.6 Å². The van der Waals surface area contributed by atoms with Crippen LogP contribution in [0.2, 0.25) is 0 Å². The fourth-order valence-corrected chi connectivity index (χ4v) is 4.41. The van der Waals surface area contributed by atoms with Gasteiger partial charge in [-0.1, -0.05) is 45.2 Å². The van der Waals surface area contributed by atoms with Crippen LogP contribution in [0.15, 0.2) is 33.9 Å². The second-order valence-electron chi connectivity index (χ2n) is 8.61. The summed E-state index contributed by atoms with van der Waals surface area (Å²) in [4.78, 5) is 33.2. The Labute approximate surface area is 176 Å². The van der Waals surface area contributed by atoms with Crippen molar-refractivity contribution in [3.63, 3.8) is 0 Å². The summed E-state index contributed by atoms with van der Waals surface area (Å²) in [5.74, 6) is 1.09. The third kappa shape index (κ3) is 3.46. The molecule has 0 aliphatic carbocycles. The normalized spacial score (nSPS) is 16.3. The van der Waals surface area contributed by atoms with Crippen LogP contribution >= 0.6 is 0 Å². The zero-order chi connectivity index (χ0) is 21.4. The highest BCUT2D eigenvalue weighted by Crippen LogP contribution is 2.33. The molecule has 0 amide bonds. The molecule has 0 spiro atoms. The number of benzene rings is 1. The number of anilines is 2. The van der Waals surface area contributed by atoms with Crippen molar-refractivity contribution in [1.29, 1.82) is 0 Å². The largest absolute Gasteiger partial charge is 0.332 e. The predicted molar refractivity (Wildman–Crippen MR) is 121 cm³/mol. The lowest BCUT2D eigenvalue weighted by molar-refractivity contribution is 0.457. The van der Waals surface area contributed by atoms with Crippen LogP contribution < -0.4 is 16.1 Å². The summed E-state index contributed by atoms with van der Waals surface area (Å²) in [7, 11) is 1.71. The predicted octanol–water partition coefficient (Wildman–Crippen LogP) is 3.57. The number of fused-ring (bicyclic) bond motifs is 3. The first-order valence-corrected chi connectivity index (χ1v) is 11.0. The number of imidazole rings is 1. The molecule has 1 aliphatic heterocycles. The zero-order valence-electron chi connectivity index (χ0n) is 18.4. The molecular formula is C23H31N5O2. The summed E-state index contributed by atoms with van der Waals surface area (Å²) in [6, 6.07) is 8.31. The Kier molecular flexibility index (Phi) is 5.54. The number of rotatable bonds is 6. The van der Waals surface area contributed by atoms with Gasteiger partial charge in [-0.15, -0.1) is 0 Å². The lowest BCUT2D eigenvalue weighted by atomic mass is 10.1. The minimum atomic E-state index is -0.283. The van der Waals surface area contributed by atoms with Gasteiger partial charge in [-0.05, 0) is 37.0 Å². The van der Waals surface area contributed by atoms with Gasteiger partial charge in [0.2, 0.25) is 5.95 Å². The third-order valence-electron chi connectivity index (χ3n) is 5.99. The summed E-state index contributed by atoms with van der Waals surface area (Å²) in [6.07, 6.45) is 4.09. The Balaban J connectivity index is 1.87. The maximum atomic E-state index is 13.4. The van der Waals surface area contributed by atoms with Crippen molar-refractivity contribution in [2.45, 2.75) is 59.5 Å². The Bertz CT molecular complexity index is 1190. The van der Waals surface area contributed by atoms with E-state index in [1.54, 1.807) is 7.05 Å². The molecule has 1 aliphatic rings. The van der Waals surface area contributed by atoms with E-state index in [0.717, 1.165) is 50.4 Å². The van der Waals surface area contributed by atoms with Gasteiger partial charge in [0.1, 0.15) is 0 Å². The van der Waals surface area contributed by atoms with E-state index in [-0.39, 0.29) is 11.2 Å². The minimum Gasteiger partial charge on any atom is -0.312 e. The van der Waals surface area contributed by atoms with E-state index >= 15 is 0 Å². The summed E-state index contributed by atoms with van der Waals surface area (Å²) >= 11 is 0. The van der Waals surface area contributed by atoms with Crippen LogP contribution in [0, 0.1) is 12.8 Å². The van der Waals surface area contributed by atoms with E-state index in [4.69, 9.17) is 4.98 Å². The van der Waals surface area contributed by atoms with Crippen LogP contribution in [-0.2, 0) is 20.1 Å². The molecule has 0 N–H and O–H groups in total. The van der Waals surface area contributed by atoms with Gasteiger partial charge < -0.3 is 9.47 Å². The van der Waals surface area contributed by atoms with E-state index in [2.05, 4.69) is 43.9 Å². The second kappa shape index (κ2) is 8.13. The van der Waals surface area contributed by atoms with E-state index in [1.165, 1.54) is 14.7 Å². The SMILES string of the molecule is CCCCCCn1c(=O)c2c(nc3n2C[C@H](C)CN3c2cccc(C)c2)n(C)c1=O. The topological polar surface area (TPSA) is 65.1 Å². The zero-order valence-corrected chi connectivity index (χ0v) is 18.4. The lowest BCUT2D eigenvalue weighted by Crippen LogP contribution is -2.40. The highest BCUT2D eigenvalue weighted by atomic mass is 16.2. The smallest absolute Gasteiger partial charge is 0.312 e. The molecule has 160 valence electrons. The van der Waals surface area contributed by atoms with Gasteiger partial charge in [-0.3, -0.25) is 13.9 Å². The molecule has 0 unspecified atom stereocenters. The van der Waals surface area contributed by atoms with Crippen molar-refractivity contribution < 1.29 is 0 Å². The van der Waals surface area contributed by atoms with Crippen molar-refractivity contribution in [2.75, 3.05) is 11.4 Å². The molecule has 7 nitrogen and oxygen atoms in total. The molecule has 7 heteroatoms. The first-order valence-electron chi connectivity index (χ1n) is 11.0. The summed E-state index contributed by atoms with van der Waals surface area (Å²) in [5.41, 5.74) is 2.73. The number of nitrogens with zero attached hydrogens (tertiary/aromatic N) is 5. The fourth-order valence-electron chi connectivity index (χ4n) is 4.41. The first-order chi connectivity index (χ1) is 14.4. The molecule has 3 heterocycles. The number of aromatic nitrogens is 4. The van der Waals surface area contributed by atoms with Gasteiger partial charge in [0, 0.05) is 32.4 Å². The lowest BCUT2D eigenvalue weighted by Gasteiger charge is -2.33. The van der Waals surface area contributed by atoms with Crippen molar-refractivity contribution in [1.82, 2.24) is 18.7 Å². The standard InChI is InChI=1S/C23H31N5O2/c1-5-6-7-8-12-26-21(29)19-20(25(4)23(26)30)24-22-27(14-17(3)15-28(19)22)18-11-9-10-16(2)13-18/h9-11,13,17H,5-8,12,14-15H2,1-4H3/t17-/m1/s1. The van der Waals surface area contributed by atoms with Crippen molar-refractivity contribution in [3.05, 3.63) is 50.7 Å². The number of aryl methyl sites for hydroxylation is 2. The average Bonchev–Trinajstić information content (AvgIpc) is 3.10. The van der Waals surface area contributed by atoms with Gasteiger partial charge >= 0.3 is 5.69 Å². The summed E-state index contributed by atoms with van der Waals surface area (Å²) in [5, 5.41) is 0. The van der Waals surface area contributed by atoms with Gasteiger partial charge in [0.25, 0.3) is 5.56 Å². The highest BCUT2D eigenvalue weighted by molar-refractivity contribution is 5.77. The maximum Gasteiger partial charge on any atom is 0.332 e. The Morgan fingerprint density at radius 3 is 2.67 bits per heavy atom. The molecule has 0 saturated carbocycles. The minimum absolute atomic E-state index is 0.221. The van der Waals surface area contributed by atoms with Crippen molar-refractivity contribution in [3.8, 4) is 0 Å². The molecule has 30 heavy (non-hydrogen) atoms. The quantitative estimate of drug-likeness (QED) is 0.584. The van der Waals surface area contributed by atoms with Gasteiger partial charge in [-0.25, -0.2) is 4.79 Å². The number of hydrogen-bond donors (Lipinski definition) is 0. The highest BCUT2D eigenvalue weighted by Gasteiger charge is 2.29. The molecule has 2 aromatic heterocycles. The molecule has 0 fully saturated rings. The van der Waals surface area contributed by atoms with Crippen molar-refractivity contribution >= 4 is 22.8 Å². The molecule has 0 saturated heterocycles. The number of hydrogen-bond acceptors (Lipinski definition) is 4. The van der Waals surface area contributed by atoms with Gasteiger partial charge in [-0.2, -0.15) is 4.98 Å². The molecule has 0 radical (unpaired) electrons. The molecule has 1 atom stereocenters. The monoisotopic (exact) mass is 409 g/mol. The molecular weight excluding hydrogens is 378 g/mol. The molecule has 3 aromatic rings. The van der Waals surface area contributed by atoms with E-state index < -0.39 is 0 Å². The van der Waals surface area contributed by atoms with Crippen LogP contribution in [-0.4, -0.2) is 25.2 Å². The van der Waals surface area contributed by atoms with E-state index in [1.807, 2.05) is 10.6 Å². The van der Waals surface area contributed by atoms with E-state index in [9.17, 15) is 9.59 Å². The van der Waals surface area contributed by atoms with Crippen LogP contribution in [0.25, 0.3) is 11.2 Å². The maximum absolute atomic E-state index is 13.4. The average molecular weight is 410 g/mol. The second-order valence-corrected chi connectivity index (χ2v) is 8.61. The Morgan fingerprint density at radius 1 is 1.13 bits per heavy atom. The number of unbranched alkanes of at least 4 members (excludes halogenated alkanes) is 3. The van der Waals surface area contributed by atoms with Crippen LogP contribution in [0.4, 0.5) is 11.6 Å². The Hall–Kier alpha value is -2.83. The molecule has 0 bridgehead atoms. The molecule has 4 rings (SSSR count). The van der Waals surface area contributed by atoms with Crippen LogP contribution in [0.5, 0.6) is 0 Å². The summed E-state index contributed by atoms with van der Waals surface area (Å²) < 4.78 is 4.93. The van der Waals surface area contributed by atoms with Gasteiger partial charge in [0.15, 0.2) is 11.2 Å². The molecule has 1 aromatic carbocycles. The first kappa shape index (κ1) is 20.4.